The van der Waals surface area contributed by atoms with Crippen LogP contribution >= 0.6 is 0 Å². The van der Waals surface area contributed by atoms with Gasteiger partial charge < -0.3 is 10.5 Å². The molecule has 1 aromatic rings. The van der Waals surface area contributed by atoms with Crippen LogP contribution in [0.25, 0.3) is 0 Å². The van der Waals surface area contributed by atoms with Crippen molar-refractivity contribution < 1.29 is 4.74 Å². The first-order valence-corrected chi connectivity index (χ1v) is 5.64. The van der Waals surface area contributed by atoms with E-state index >= 15 is 0 Å². The molecule has 0 aliphatic carbocycles. The molecule has 0 aliphatic heterocycles. The molecule has 1 aromatic carbocycles. The predicted octanol–water partition coefficient (Wildman–Crippen LogP) is 4.32. The molecule has 0 aliphatic rings. The third-order valence-electron chi connectivity index (χ3n) is 1.66. The quantitative estimate of drug-likeness (QED) is 0.476. The molecule has 0 saturated heterocycles. The van der Waals surface area contributed by atoms with Gasteiger partial charge in [0.25, 0.3) is 0 Å². The summed E-state index contributed by atoms with van der Waals surface area (Å²) in [5.74, 6) is 1.25. The fraction of sp³-hybridized carbons (Fsp3) is 0.200. The number of allylic oxidation sites excluding steroid dienone is 3. The van der Waals surface area contributed by atoms with Crippen LogP contribution in [0.5, 0.6) is 5.75 Å². The number of hydrogen-bond acceptors (Lipinski definition) is 2. The van der Waals surface area contributed by atoms with Crippen molar-refractivity contribution in [3.63, 3.8) is 0 Å². The smallest absolute Gasteiger partial charge is 0.129 e. The Labute approximate surface area is 104 Å². The largest absolute Gasteiger partial charge is 0.458 e. The standard InChI is InChI=1S/C13H15NO.C2H6/c1-10(2)7-8-11(3)15-13-6-4-5-12(14)9-13;1-2/h4-9H,1,3,14H2,2H3;1-2H3/b8-7-;. The third kappa shape index (κ3) is 7.01. The fourth-order valence-electron chi connectivity index (χ4n) is 0.999. The average molecular weight is 231 g/mol. The van der Waals surface area contributed by atoms with Gasteiger partial charge in [0.2, 0.25) is 0 Å². The van der Waals surface area contributed by atoms with Gasteiger partial charge in [-0.3, -0.25) is 0 Å². The minimum atomic E-state index is 0.559. The minimum absolute atomic E-state index is 0.559. The Hall–Kier alpha value is -1.96. The minimum Gasteiger partial charge on any atom is -0.458 e. The van der Waals surface area contributed by atoms with E-state index < -0.39 is 0 Å². The summed E-state index contributed by atoms with van der Waals surface area (Å²) in [4.78, 5) is 0. The highest BCUT2D eigenvalue weighted by molar-refractivity contribution is 5.44. The Morgan fingerprint density at radius 1 is 1.24 bits per heavy atom. The van der Waals surface area contributed by atoms with Crippen LogP contribution in [0.1, 0.15) is 20.8 Å². The normalized spacial score (nSPS) is 9.35. The van der Waals surface area contributed by atoms with Crippen molar-refractivity contribution in [1.29, 1.82) is 0 Å². The van der Waals surface area contributed by atoms with E-state index in [1.807, 2.05) is 39.0 Å². The van der Waals surface area contributed by atoms with Crippen molar-refractivity contribution in [2.24, 2.45) is 0 Å². The summed E-state index contributed by atoms with van der Waals surface area (Å²) >= 11 is 0. The van der Waals surface area contributed by atoms with Crippen LogP contribution in [0.2, 0.25) is 0 Å². The second-order valence-electron chi connectivity index (χ2n) is 3.32. The number of hydrogen-bond donors (Lipinski definition) is 1. The highest BCUT2D eigenvalue weighted by Crippen LogP contribution is 2.17. The molecule has 2 heteroatoms. The maximum atomic E-state index is 5.61. The van der Waals surface area contributed by atoms with Crippen LogP contribution in [0, 0.1) is 0 Å². The van der Waals surface area contributed by atoms with Crippen molar-refractivity contribution in [3.05, 3.63) is 60.9 Å². The lowest BCUT2D eigenvalue weighted by Gasteiger charge is -2.05. The van der Waals surface area contributed by atoms with Crippen molar-refractivity contribution in [1.82, 2.24) is 0 Å². The summed E-state index contributed by atoms with van der Waals surface area (Å²) in [5.41, 5.74) is 7.24. The van der Waals surface area contributed by atoms with Gasteiger partial charge in [-0.1, -0.05) is 44.7 Å². The van der Waals surface area contributed by atoms with E-state index in [1.54, 1.807) is 18.2 Å². The van der Waals surface area contributed by atoms with Crippen LogP contribution in [-0.2, 0) is 0 Å². The molecule has 2 nitrogen and oxygen atoms in total. The first-order chi connectivity index (χ1) is 8.08. The van der Waals surface area contributed by atoms with Gasteiger partial charge in [-0.15, -0.1) is 0 Å². The molecular formula is C15H21NO. The van der Waals surface area contributed by atoms with Crippen LogP contribution < -0.4 is 10.5 Å². The highest BCUT2D eigenvalue weighted by Gasteiger charge is 1.95. The summed E-state index contributed by atoms with van der Waals surface area (Å²) in [7, 11) is 0. The molecule has 1 rings (SSSR count). The van der Waals surface area contributed by atoms with Crippen molar-refractivity contribution in [2.75, 3.05) is 5.73 Å². The van der Waals surface area contributed by atoms with Crippen LogP contribution in [0.15, 0.2) is 60.9 Å². The summed E-state index contributed by atoms with van der Waals surface area (Å²) in [5, 5.41) is 0. The van der Waals surface area contributed by atoms with Gasteiger partial charge in [-0.2, -0.15) is 0 Å². The Morgan fingerprint density at radius 3 is 2.41 bits per heavy atom. The van der Waals surface area contributed by atoms with Gasteiger partial charge >= 0.3 is 0 Å². The van der Waals surface area contributed by atoms with Gasteiger partial charge in [0.15, 0.2) is 0 Å². The molecular weight excluding hydrogens is 210 g/mol. The number of nitrogen functional groups attached to an aromatic ring is 1. The summed E-state index contributed by atoms with van der Waals surface area (Å²) in [6.45, 7) is 13.4. The second kappa shape index (κ2) is 8.22. The van der Waals surface area contributed by atoms with E-state index in [0.717, 1.165) is 5.57 Å². The third-order valence-corrected chi connectivity index (χ3v) is 1.66. The SMILES string of the molecule is C=C(C)/C=C\C(=C)Oc1cccc(N)c1.CC. The molecule has 0 radical (unpaired) electrons. The van der Waals surface area contributed by atoms with E-state index in [9.17, 15) is 0 Å². The van der Waals surface area contributed by atoms with E-state index in [-0.39, 0.29) is 0 Å². The molecule has 2 N–H and O–H groups in total. The van der Waals surface area contributed by atoms with Gasteiger partial charge in [0.05, 0.1) is 0 Å². The lowest BCUT2D eigenvalue weighted by molar-refractivity contribution is 0.447. The maximum Gasteiger partial charge on any atom is 0.129 e. The number of anilines is 1. The Morgan fingerprint density at radius 2 is 1.88 bits per heavy atom. The zero-order chi connectivity index (χ0) is 13.3. The van der Waals surface area contributed by atoms with E-state index in [1.165, 1.54) is 0 Å². The number of nitrogens with two attached hydrogens (primary N) is 1. The molecule has 0 amide bonds. The number of benzene rings is 1. The van der Waals surface area contributed by atoms with Crippen molar-refractivity contribution in [3.8, 4) is 5.75 Å². The van der Waals surface area contributed by atoms with Crippen LogP contribution in [0.4, 0.5) is 5.69 Å². The summed E-state index contributed by atoms with van der Waals surface area (Å²) in [6.07, 6.45) is 3.61. The molecule has 17 heavy (non-hydrogen) atoms. The molecule has 0 fully saturated rings. The van der Waals surface area contributed by atoms with Gasteiger partial charge in [-0.05, 0) is 25.1 Å². The molecule has 0 heterocycles. The number of ether oxygens (including phenoxy) is 1. The molecule has 0 aromatic heterocycles. The van der Waals surface area contributed by atoms with Gasteiger partial charge in [-0.25, -0.2) is 0 Å². The van der Waals surface area contributed by atoms with Crippen molar-refractivity contribution >= 4 is 5.69 Å². The van der Waals surface area contributed by atoms with Gasteiger partial charge in [0, 0.05) is 11.8 Å². The molecule has 0 bridgehead atoms. The van der Waals surface area contributed by atoms with E-state index in [2.05, 4.69) is 13.2 Å². The molecule has 92 valence electrons. The number of rotatable bonds is 4. The highest BCUT2D eigenvalue weighted by atomic mass is 16.5. The van der Waals surface area contributed by atoms with Gasteiger partial charge in [0.1, 0.15) is 11.5 Å². The first kappa shape index (κ1) is 15.0. The molecule has 0 unspecified atom stereocenters. The fourth-order valence-corrected chi connectivity index (χ4v) is 0.999. The van der Waals surface area contributed by atoms with Crippen molar-refractivity contribution in [2.45, 2.75) is 20.8 Å². The molecule has 0 saturated carbocycles. The lowest BCUT2D eigenvalue weighted by atomic mass is 10.3. The molecule has 0 atom stereocenters. The summed E-state index contributed by atoms with van der Waals surface area (Å²) in [6, 6.07) is 7.22. The lowest BCUT2D eigenvalue weighted by Crippen LogP contribution is -1.91. The second-order valence-corrected chi connectivity index (χ2v) is 3.32. The zero-order valence-electron chi connectivity index (χ0n) is 10.9. The monoisotopic (exact) mass is 231 g/mol. The average Bonchev–Trinajstić information content (AvgIpc) is 2.29. The Bertz CT molecular complexity index is 405. The van der Waals surface area contributed by atoms with E-state index in [4.69, 9.17) is 10.5 Å². The van der Waals surface area contributed by atoms with Crippen LogP contribution in [0.3, 0.4) is 0 Å². The maximum absolute atomic E-state index is 5.61. The van der Waals surface area contributed by atoms with E-state index in [0.29, 0.717) is 17.2 Å². The Balaban J connectivity index is 0.00000121. The molecule has 0 spiro atoms. The van der Waals surface area contributed by atoms with Crippen LogP contribution in [-0.4, -0.2) is 0 Å². The first-order valence-electron chi connectivity index (χ1n) is 5.64. The zero-order valence-corrected chi connectivity index (χ0v) is 10.9. The predicted molar refractivity (Wildman–Crippen MR) is 75.9 cm³/mol. The topological polar surface area (TPSA) is 35.2 Å². The summed E-state index contributed by atoms with van der Waals surface area (Å²) < 4.78 is 5.44. The Kier molecular flexibility index (Phi) is 7.27.